The molecule has 0 saturated carbocycles. The maximum atomic E-state index is 11.5. The van der Waals surface area contributed by atoms with Crippen LogP contribution in [0, 0.1) is 6.92 Å². The molecule has 19 heavy (non-hydrogen) atoms. The van der Waals surface area contributed by atoms with E-state index < -0.39 is 0 Å². The Hall–Kier alpha value is -1.81. The minimum atomic E-state index is -0.339. The number of H-pyrrole nitrogens is 1. The van der Waals surface area contributed by atoms with Crippen LogP contribution in [0.1, 0.15) is 16.7 Å². The van der Waals surface area contributed by atoms with Crippen LogP contribution in [0.2, 0.25) is 5.02 Å². The van der Waals surface area contributed by atoms with Gasteiger partial charge in [-0.05, 0) is 24.5 Å². The molecule has 98 valence electrons. The monoisotopic (exact) mass is 275 g/mol. The number of nitrogens with zero attached hydrogens (tertiary/aromatic N) is 2. The van der Waals surface area contributed by atoms with Gasteiger partial charge in [0.1, 0.15) is 5.02 Å². The maximum absolute atomic E-state index is 11.5. The van der Waals surface area contributed by atoms with Crippen molar-refractivity contribution in [2.45, 2.75) is 19.9 Å². The highest BCUT2D eigenvalue weighted by molar-refractivity contribution is 6.32. The number of rotatable bonds is 1. The molecule has 2 aromatic rings. The van der Waals surface area contributed by atoms with E-state index in [1.54, 1.807) is 6.20 Å². The second-order valence-corrected chi connectivity index (χ2v) is 5.22. The number of benzene rings is 1. The van der Waals surface area contributed by atoms with Crippen LogP contribution >= 0.6 is 11.6 Å². The van der Waals surface area contributed by atoms with Gasteiger partial charge in [-0.15, -0.1) is 0 Å². The van der Waals surface area contributed by atoms with Crippen molar-refractivity contribution in [1.82, 2.24) is 10.2 Å². The van der Waals surface area contributed by atoms with Gasteiger partial charge in [-0.3, -0.25) is 4.79 Å². The third-order valence-electron chi connectivity index (χ3n) is 3.49. The van der Waals surface area contributed by atoms with Gasteiger partial charge in [-0.1, -0.05) is 35.4 Å². The Labute approximate surface area is 116 Å². The number of halogens is 1. The summed E-state index contributed by atoms with van der Waals surface area (Å²) >= 11 is 6.06. The number of fused-ring (bicyclic) bond motifs is 1. The predicted octanol–water partition coefficient (Wildman–Crippen LogP) is 2.29. The van der Waals surface area contributed by atoms with Crippen LogP contribution in [0.3, 0.4) is 0 Å². The molecule has 0 bridgehead atoms. The number of aromatic nitrogens is 2. The van der Waals surface area contributed by atoms with Crippen LogP contribution in [0.15, 0.2) is 29.2 Å². The molecule has 0 atom stereocenters. The Morgan fingerprint density at radius 3 is 3.05 bits per heavy atom. The number of aryl methyl sites for hydroxylation is 1. The molecular formula is C14H14ClN3O. The third-order valence-corrected chi connectivity index (χ3v) is 3.86. The van der Waals surface area contributed by atoms with Crippen molar-refractivity contribution in [3.05, 3.63) is 56.5 Å². The molecule has 0 unspecified atom stereocenters. The Morgan fingerprint density at radius 1 is 1.37 bits per heavy atom. The lowest BCUT2D eigenvalue weighted by Gasteiger charge is -2.30. The number of hydrogen-bond donors (Lipinski definition) is 1. The lowest BCUT2D eigenvalue weighted by atomic mass is 9.97. The first-order chi connectivity index (χ1) is 9.15. The molecule has 1 N–H and O–H groups in total. The second kappa shape index (κ2) is 4.70. The van der Waals surface area contributed by atoms with Crippen LogP contribution in [0.4, 0.5) is 5.69 Å². The normalized spacial score (nSPS) is 14.3. The van der Waals surface area contributed by atoms with Crippen molar-refractivity contribution in [3.8, 4) is 0 Å². The smallest absolute Gasteiger partial charge is 0.285 e. The Morgan fingerprint density at radius 2 is 2.21 bits per heavy atom. The highest BCUT2D eigenvalue weighted by atomic mass is 35.5. The summed E-state index contributed by atoms with van der Waals surface area (Å²) in [4.78, 5) is 13.6. The van der Waals surface area contributed by atoms with E-state index in [-0.39, 0.29) is 10.6 Å². The first-order valence-corrected chi connectivity index (χ1v) is 6.59. The van der Waals surface area contributed by atoms with Gasteiger partial charge in [-0.2, -0.15) is 5.10 Å². The fourth-order valence-corrected chi connectivity index (χ4v) is 2.70. The van der Waals surface area contributed by atoms with Gasteiger partial charge in [0, 0.05) is 13.1 Å². The maximum Gasteiger partial charge on any atom is 0.285 e. The average Bonchev–Trinajstić information content (AvgIpc) is 2.41. The quantitative estimate of drug-likeness (QED) is 0.869. The van der Waals surface area contributed by atoms with E-state index in [0.717, 1.165) is 19.5 Å². The predicted molar refractivity (Wildman–Crippen MR) is 75.8 cm³/mol. The van der Waals surface area contributed by atoms with Crippen molar-refractivity contribution in [2.24, 2.45) is 0 Å². The van der Waals surface area contributed by atoms with Crippen LogP contribution in [0.5, 0.6) is 0 Å². The van der Waals surface area contributed by atoms with Crippen molar-refractivity contribution >= 4 is 17.3 Å². The zero-order valence-electron chi connectivity index (χ0n) is 10.6. The van der Waals surface area contributed by atoms with Crippen LogP contribution in [0.25, 0.3) is 0 Å². The number of aromatic amines is 1. The van der Waals surface area contributed by atoms with Crippen molar-refractivity contribution in [2.75, 3.05) is 11.4 Å². The molecule has 2 heterocycles. The lowest BCUT2D eigenvalue weighted by Crippen LogP contribution is -2.32. The fraction of sp³-hybridized carbons (Fsp3) is 0.286. The Kier molecular flexibility index (Phi) is 3.03. The van der Waals surface area contributed by atoms with Gasteiger partial charge < -0.3 is 4.90 Å². The molecule has 3 rings (SSSR count). The van der Waals surface area contributed by atoms with Gasteiger partial charge in [0.15, 0.2) is 0 Å². The standard InChI is InChI=1S/C14H14ClN3O/c1-9-2-3-10-4-5-18(8-11(10)6-9)12-7-16-17-14(19)13(12)15/h2-3,6-7H,4-5,8H2,1H3,(H,17,19). The Bertz CT molecular complexity index is 681. The zero-order chi connectivity index (χ0) is 13.4. The summed E-state index contributed by atoms with van der Waals surface area (Å²) in [6.07, 6.45) is 2.57. The SMILES string of the molecule is Cc1ccc2c(c1)CN(c1cn[nH]c(=O)c1Cl)CC2. The minimum Gasteiger partial charge on any atom is -0.364 e. The van der Waals surface area contributed by atoms with Crippen LogP contribution < -0.4 is 10.5 Å². The van der Waals surface area contributed by atoms with Crippen LogP contribution in [-0.2, 0) is 13.0 Å². The summed E-state index contributed by atoms with van der Waals surface area (Å²) < 4.78 is 0. The molecule has 0 fully saturated rings. The zero-order valence-corrected chi connectivity index (χ0v) is 11.4. The first kappa shape index (κ1) is 12.2. The van der Waals surface area contributed by atoms with E-state index in [9.17, 15) is 4.79 Å². The van der Waals surface area contributed by atoms with E-state index in [2.05, 4.69) is 40.2 Å². The molecule has 1 aromatic carbocycles. The second-order valence-electron chi connectivity index (χ2n) is 4.84. The van der Waals surface area contributed by atoms with E-state index in [1.807, 2.05) is 0 Å². The van der Waals surface area contributed by atoms with Gasteiger partial charge in [0.2, 0.25) is 0 Å². The molecule has 1 aliphatic rings. The Balaban J connectivity index is 1.97. The van der Waals surface area contributed by atoms with E-state index in [1.165, 1.54) is 16.7 Å². The average molecular weight is 276 g/mol. The largest absolute Gasteiger partial charge is 0.364 e. The van der Waals surface area contributed by atoms with Gasteiger partial charge >= 0.3 is 0 Å². The molecule has 0 radical (unpaired) electrons. The summed E-state index contributed by atoms with van der Waals surface area (Å²) in [5, 5.41) is 6.39. The van der Waals surface area contributed by atoms with Gasteiger partial charge in [-0.25, -0.2) is 5.10 Å². The van der Waals surface area contributed by atoms with Crippen LogP contribution in [-0.4, -0.2) is 16.7 Å². The van der Waals surface area contributed by atoms with Crippen molar-refractivity contribution in [3.63, 3.8) is 0 Å². The van der Waals surface area contributed by atoms with Crippen molar-refractivity contribution in [1.29, 1.82) is 0 Å². The van der Waals surface area contributed by atoms with E-state index in [4.69, 9.17) is 11.6 Å². The fourth-order valence-electron chi connectivity index (χ4n) is 2.49. The number of hydrogen-bond acceptors (Lipinski definition) is 3. The number of nitrogens with one attached hydrogen (secondary N) is 1. The molecule has 1 aromatic heterocycles. The van der Waals surface area contributed by atoms with Crippen molar-refractivity contribution < 1.29 is 0 Å². The minimum absolute atomic E-state index is 0.214. The highest BCUT2D eigenvalue weighted by Gasteiger charge is 2.19. The lowest BCUT2D eigenvalue weighted by molar-refractivity contribution is 0.726. The first-order valence-electron chi connectivity index (χ1n) is 6.21. The van der Waals surface area contributed by atoms with E-state index in [0.29, 0.717) is 5.69 Å². The number of anilines is 1. The van der Waals surface area contributed by atoms with Gasteiger partial charge in [0.25, 0.3) is 5.56 Å². The summed E-state index contributed by atoms with van der Waals surface area (Å²) in [5.74, 6) is 0. The molecule has 0 aliphatic carbocycles. The summed E-state index contributed by atoms with van der Waals surface area (Å²) in [6, 6.07) is 6.51. The highest BCUT2D eigenvalue weighted by Crippen LogP contribution is 2.27. The molecule has 0 amide bonds. The van der Waals surface area contributed by atoms with E-state index >= 15 is 0 Å². The summed E-state index contributed by atoms with van der Waals surface area (Å²) in [6.45, 7) is 3.70. The third kappa shape index (κ3) is 2.24. The summed E-state index contributed by atoms with van der Waals surface area (Å²) in [7, 11) is 0. The van der Waals surface area contributed by atoms with Gasteiger partial charge in [0.05, 0.1) is 11.9 Å². The molecule has 1 aliphatic heterocycles. The summed E-state index contributed by atoms with van der Waals surface area (Å²) in [5.41, 5.74) is 4.28. The molecule has 5 heteroatoms. The molecular weight excluding hydrogens is 262 g/mol. The topological polar surface area (TPSA) is 49.0 Å². The molecule has 0 saturated heterocycles. The molecule has 4 nitrogen and oxygen atoms in total. The molecule has 0 spiro atoms.